The number of nitrogens with one attached hydrogen (secondary N) is 2. The third-order valence-electron chi connectivity index (χ3n) is 4.11. The van der Waals surface area contributed by atoms with Crippen LogP contribution in [-0.4, -0.2) is 50.6 Å². The summed E-state index contributed by atoms with van der Waals surface area (Å²) < 4.78 is 0. The molecular formula is C17H31IN4S. The van der Waals surface area contributed by atoms with E-state index in [0.29, 0.717) is 0 Å². The van der Waals surface area contributed by atoms with Gasteiger partial charge in [-0.15, -0.1) is 35.3 Å². The lowest BCUT2D eigenvalue weighted by Gasteiger charge is -2.20. The third-order valence-corrected chi connectivity index (χ3v) is 5.05. The molecule has 4 nitrogen and oxygen atoms in total. The summed E-state index contributed by atoms with van der Waals surface area (Å²) in [5.41, 5.74) is 0. The van der Waals surface area contributed by atoms with Crippen LogP contribution in [0.25, 0.3) is 0 Å². The molecule has 1 aromatic rings. The van der Waals surface area contributed by atoms with Gasteiger partial charge >= 0.3 is 0 Å². The fourth-order valence-corrected chi connectivity index (χ4v) is 3.56. The summed E-state index contributed by atoms with van der Waals surface area (Å²) in [6.45, 7) is 5.71. The molecule has 0 unspecified atom stereocenters. The summed E-state index contributed by atoms with van der Waals surface area (Å²) in [6, 6.07) is 4.29. The predicted octanol–water partition coefficient (Wildman–Crippen LogP) is 3.34. The van der Waals surface area contributed by atoms with Crippen molar-refractivity contribution in [3.8, 4) is 0 Å². The Labute approximate surface area is 162 Å². The number of halogens is 1. The molecule has 2 N–H and O–H groups in total. The van der Waals surface area contributed by atoms with Crippen LogP contribution in [0.2, 0.25) is 0 Å². The zero-order valence-electron chi connectivity index (χ0n) is 14.2. The molecule has 0 spiro atoms. The van der Waals surface area contributed by atoms with E-state index in [1.165, 1.54) is 56.6 Å². The first kappa shape index (κ1) is 20.7. The van der Waals surface area contributed by atoms with Crippen molar-refractivity contribution in [2.75, 3.05) is 39.8 Å². The summed E-state index contributed by atoms with van der Waals surface area (Å²) in [5, 5.41) is 8.94. The molecule has 1 aliphatic heterocycles. The van der Waals surface area contributed by atoms with E-state index in [-0.39, 0.29) is 24.0 Å². The lowest BCUT2D eigenvalue weighted by atomic mass is 10.2. The van der Waals surface area contributed by atoms with Gasteiger partial charge in [-0.3, -0.25) is 4.99 Å². The topological polar surface area (TPSA) is 39.7 Å². The van der Waals surface area contributed by atoms with Crippen LogP contribution in [0.5, 0.6) is 0 Å². The van der Waals surface area contributed by atoms with E-state index < -0.39 is 0 Å². The van der Waals surface area contributed by atoms with Gasteiger partial charge in [-0.2, -0.15) is 0 Å². The Morgan fingerprint density at radius 1 is 1.17 bits per heavy atom. The number of rotatable bonds is 7. The van der Waals surface area contributed by atoms with Crippen molar-refractivity contribution in [1.82, 2.24) is 15.5 Å². The number of hydrogen-bond acceptors (Lipinski definition) is 3. The SMILES string of the molecule is CN=C(NCCCN1CCCCCC1)NCCc1cccs1.I. The molecule has 0 aliphatic carbocycles. The van der Waals surface area contributed by atoms with Crippen molar-refractivity contribution in [1.29, 1.82) is 0 Å². The normalized spacial score (nSPS) is 16.5. The molecule has 2 heterocycles. The van der Waals surface area contributed by atoms with E-state index in [9.17, 15) is 0 Å². The second-order valence-electron chi connectivity index (χ2n) is 5.86. The summed E-state index contributed by atoms with van der Waals surface area (Å²) in [5.74, 6) is 0.924. The minimum Gasteiger partial charge on any atom is -0.356 e. The van der Waals surface area contributed by atoms with Crippen molar-refractivity contribution in [2.24, 2.45) is 4.99 Å². The molecule has 23 heavy (non-hydrogen) atoms. The molecule has 0 amide bonds. The maximum absolute atomic E-state index is 4.29. The van der Waals surface area contributed by atoms with Gasteiger partial charge in [-0.25, -0.2) is 0 Å². The van der Waals surface area contributed by atoms with Gasteiger partial charge in [0.2, 0.25) is 0 Å². The van der Waals surface area contributed by atoms with Crippen molar-refractivity contribution >= 4 is 41.3 Å². The monoisotopic (exact) mass is 450 g/mol. The summed E-state index contributed by atoms with van der Waals surface area (Å²) in [4.78, 5) is 8.32. The van der Waals surface area contributed by atoms with Crippen LogP contribution < -0.4 is 10.6 Å². The highest BCUT2D eigenvalue weighted by Crippen LogP contribution is 2.09. The average Bonchev–Trinajstić information content (AvgIpc) is 2.92. The standard InChI is InChI=1S/C17H30N4S.HI/c1-18-17(20-11-9-16-8-6-15-22-16)19-10-7-14-21-12-4-2-3-5-13-21;/h6,8,15H,2-5,7,9-14H2,1H3,(H2,18,19,20);1H. The largest absolute Gasteiger partial charge is 0.356 e. The van der Waals surface area contributed by atoms with Crippen LogP contribution in [0.15, 0.2) is 22.5 Å². The van der Waals surface area contributed by atoms with Crippen LogP contribution in [0.4, 0.5) is 0 Å². The zero-order valence-corrected chi connectivity index (χ0v) is 17.4. The first-order valence-corrected chi connectivity index (χ1v) is 9.45. The Morgan fingerprint density at radius 3 is 2.57 bits per heavy atom. The van der Waals surface area contributed by atoms with E-state index in [4.69, 9.17) is 0 Å². The van der Waals surface area contributed by atoms with Gasteiger partial charge in [0.15, 0.2) is 5.96 Å². The Morgan fingerprint density at radius 2 is 1.91 bits per heavy atom. The number of thiophene rings is 1. The fourth-order valence-electron chi connectivity index (χ4n) is 2.85. The van der Waals surface area contributed by atoms with Crippen molar-refractivity contribution in [3.63, 3.8) is 0 Å². The molecular weight excluding hydrogens is 419 g/mol. The molecule has 0 aromatic carbocycles. The van der Waals surface area contributed by atoms with Crippen LogP contribution >= 0.6 is 35.3 Å². The first-order valence-electron chi connectivity index (χ1n) is 8.58. The van der Waals surface area contributed by atoms with Gasteiger partial charge < -0.3 is 15.5 Å². The summed E-state index contributed by atoms with van der Waals surface area (Å²) >= 11 is 1.82. The Bertz CT molecular complexity index is 414. The van der Waals surface area contributed by atoms with E-state index in [1.54, 1.807) is 0 Å². The highest BCUT2D eigenvalue weighted by molar-refractivity contribution is 14.0. The highest BCUT2D eigenvalue weighted by Gasteiger charge is 2.08. The second-order valence-corrected chi connectivity index (χ2v) is 6.90. The van der Waals surface area contributed by atoms with Crippen molar-refractivity contribution in [3.05, 3.63) is 22.4 Å². The van der Waals surface area contributed by atoms with Crippen LogP contribution in [0.3, 0.4) is 0 Å². The maximum atomic E-state index is 4.29. The molecule has 1 fully saturated rings. The molecule has 1 aromatic heterocycles. The molecule has 132 valence electrons. The number of hydrogen-bond donors (Lipinski definition) is 2. The van der Waals surface area contributed by atoms with Crippen LogP contribution in [-0.2, 0) is 6.42 Å². The van der Waals surface area contributed by atoms with E-state index >= 15 is 0 Å². The van der Waals surface area contributed by atoms with Gasteiger partial charge in [0.05, 0.1) is 0 Å². The van der Waals surface area contributed by atoms with Gasteiger partial charge in [0.1, 0.15) is 0 Å². The Kier molecular flexibility index (Phi) is 11.7. The van der Waals surface area contributed by atoms with Crippen LogP contribution in [0.1, 0.15) is 37.0 Å². The third kappa shape index (κ3) is 8.91. The molecule has 1 aliphatic rings. The Hall–Kier alpha value is -0.340. The highest BCUT2D eigenvalue weighted by atomic mass is 127. The smallest absolute Gasteiger partial charge is 0.190 e. The van der Waals surface area contributed by atoms with E-state index in [1.807, 2.05) is 18.4 Å². The van der Waals surface area contributed by atoms with Gasteiger partial charge in [0.25, 0.3) is 0 Å². The molecule has 0 bridgehead atoms. The maximum Gasteiger partial charge on any atom is 0.190 e. The van der Waals surface area contributed by atoms with Gasteiger partial charge in [0, 0.05) is 25.0 Å². The molecule has 2 rings (SSSR count). The van der Waals surface area contributed by atoms with E-state index in [0.717, 1.165) is 25.5 Å². The number of aliphatic imine (C=N–C) groups is 1. The minimum absolute atomic E-state index is 0. The molecule has 0 saturated carbocycles. The number of likely N-dealkylation sites (tertiary alicyclic amines) is 1. The van der Waals surface area contributed by atoms with E-state index in [2.05, 4.69) is 38.0 Å². The second kappa shape index (κ2) is 13.0. The first-order chi connectivity index (χ1) is 10.9. The number of nitrogens with zero attached hydrogens (tertiary/aromatic N) is 2. The summed E-state index contributed by atoms with van der Waals surface area (Å²) in [6.07, 6.45) is 7.82. The molecule has 0 radical (unpaired) electrons. The van der Waals surface area contributed by atoms with Crippen molar-refractivity contribution in [2.45, 2.75) is 38.5 Å². The Balaban J connectivity index is 0.00000264. The zero-order chi connectivity index (χ0) is 15.5. The molecule has 0 atom stereocenters. The quantitative estimate of drug-likeness (QED) is 0.290. The van der Waals surface area contributed by atoms with Crippen LogP contribution in [0, 0.1) is 0 Å². The summed E-state index contributed by atoms with van der Waals surface area (Å²) in [7, 11) is 1.84. The fraction of sp³-hybridized carbons (Fsp3) is 0.706. The van der Waals surface area contributed by atoms with Gasteiger partial charge in [-0.1, -0.05) is 18.9 Å². The van der Waals surface area contributed by atoms with Gasteiger partial charge in [-0.05, 0) is 56.8 Å². The predicted molar refractivity (Wildman–Crippen MR) is 112 cm³/mol. The van der Waals surface area contributed by atoms with Crippen molar-refractivity contribution < 1.29 is 0 Å². The average molecular weight is 450 g/mol. The molecule has 1 saturated heterocycles. The number of guanidine groups is 1. The minimum atomic E-state index is 0. The lowest BCUT2D eigenvalue weighted by molar-refractivity contribution is 0.282. The lowest BCUT2D eigenvalue weighted by Crippen LogP contribution is -2.39. The molecule has 6 heteroatoms.